The molecule has 1 aromatic heterocycles. The molecule has 1 heterocycles. The summed E-state index contributed by atoms with van der Waals surface area (Å²) in [5.74, 6) is -0.785. The van der Waals surface area contributed by atoms with E-state index in [2.05, 4.69) is 9.97 Å². The van der Waals surface area contributed by atoms with E-state index in [1.807, 2.05) is 6.92 Å². The maximum atomic E-state index is 13.3. The number of hydrogen-bond donors (Lipinski definition) is 1. The molecule has 0 amide bonds. The molecule has 0 aliphatic heterocycles. The first kappa shape index (κ1) is 13.4. The van der Waals surface area contributed by atoms with E-state index >= 15 is 0 Å². The molecule has 0 saturated heterocycles. The lowest BCUT2D eigenvalue weighted by Gasteiger charge is -2.10. The standard InChI is InChI=1S/C14H15F2N3/c1-3-4-12-18-13(8(2)14(17)19-12)9-5-6-10(15)11(16)7-9/h5-7H,3-4H2,1-2H3,(H2,17,18,19). The molecule has 2 aromatic rings. The normalized spacial score (nSPS) is 10.7. The molecule has 0 unspecified atom stereocenters. The monoisotopic (exact) mass is 263 g/mol. The fourth-order valence-corrected chi connectivity index (χ4v) is 1.84. The van der Waals surface area contributed by atoms with E-state index in [9.17, 15) is 8.78 Å². The molecular weight excluding hydrogens is 248 g/mol. The van der Waals surface area contributed by atoms with Gasteiger partial charge < -0.3 is 5.73 Å². The van der Waals surface area contributed by atoms with Gasteiger partial charge in [-0.25, -0.2) is 18.7 Å². The highest BCUT2D eigenvalue weighted by Crippen LogP contribution is 2.26. The van der Waals surface area contributed by atoms with Crippen molar-refractivity contribution in [1.29, 1.82) is 0 Å². The Kier molecular flexibility index (Phi) is 3.74. The van der Waals surface area contributed by atoms with Crippen molar-refractivity contribution in [3.8, 4) is 11.3 Å². The molecule has 0 bridgehead atoms. The zero-order valence-corrected chi connectivity index (χ0v) is 10.9. The van der Waals surface area contributed by atoms with Crippen molar-refractivity contribution in [2.24, 2.45) is 0 Å². The maximum Gasteiger partial charge on any atom is 0.159 e. The van der Waals surface area contributed by atoms with Crippen LogP contribution in [-0.2, 0) is 6.42 Å². The lowest BCUT2D eigenvalue weighted by atomic mass is 10.1. The van der Waals surface area contributed by atoms with Crippen molar-refractivity contribution in [3.05, 3.63) is 41.2 Å². The topological polar surface area (TPSA) is 51.8 Å². The van der Waals surface area contributed by atoms with Gasteiger partial charge in [0.2, 0.25) is 0 Å². The lowest BCUT2D eigenvalue weighted by molar-refractivity contribution is 0.509. The minimum atomic E-state index is -0.897. The summed E-state index contributed by atoms with van der Waals surface area (Å²) in [7, 11) is 0. The SMILES string of the molecule is CCCc1nc(N)c(C)c(-c2ccc(F)c(F)c2)n1. The van der Waals surface area contributed by atoms with Gasteiger partial charge in [-0.2, -0.15) is 0 Å². The number of nitrogens with zero attached hydrogens (tertiary/aromatic N) is 2. The maximum absolute atomic E-state index is 13.3. The van der Waals surface area contributed by atoms with Gasteiger partial charge in [0.15, 0.2) is 11.6 Å². The summed E-state index contributed by atoms with van der Waals surface area (Å²) >= 11 is 0. The van der Waals surface area contributed by atoms with Crippen LogP contribution in [0.2, 0.25) is 0 Å². The second-order valence-corrected chi connectivity index (χ2v) is 4.38. The van der Waals surface area contributed by atoms with Gasteiger partial charge in [-0.3, -0.25) is 0 Å². The Labute approximate surface area is 110 Å². The molecule has 3 nitrogen and oxygen atoms in total. The van der Waals surface area contributed by atoms with Crippen molar-refractivity contribution in [2.75, 3.05) is 5.73 Å². The minimum Gasteiger partial charge on any atom is -0.383 e. The molecule has 0 atom stereocenters. The van der Waals surface area contributed by atoms with Gasteiger partial charge in [0.05, 0.1) is 5.69 Å². The number of benzene rings is 1. The second kappa shape index (κ2) is 5.30. The van der Waals surface area contributed by atoms with Gasteiger partial charge in [-0.1, -0.05) is 6.92 Å². The zero-order valence-electron chi connectivity index (χ0n) is 10.9. The van der Waals surface area contributed by atoms with Gasteiger partial charge in [-0.05, 0) is 31.5 Å². The summed E-state index contributed by atoms with van der Waals surface area (Å²) in [5.41, 5.74) is 7.56. The molecule has 2 N–H and O–H groups in total. The van der Waals surface area contributed by atoms with E-state index < -0.39 is 11.6 Å². The van der Waals surface area contributed by atoms with Gasteiger partial charge in [0, 0.05) is 17.5 Å². The van der Waals surface area contributed by atoms with Crippen molar-refractivity contribution in [3.63, 3.8) is 0 Å². The van der Waals surface area contributed by atoms with Crippen molar-refractivity contribution < 1.29 is 8.78 Å². The Hall–Kier alpha value is -2.04. The third-order valence-corrected chi connectivity index (χ3v) is 2.90. The molecule has 0 radical (unpaired) electrons. The predicted octanol–water partition coefficient (Wildman–Crippen LogP) is 3.26. The summed E-state index contributed by atoms with van der Waals surface area (Å²) in [5, 5.41) is 0. The van der Waals surface area contributed by atoms with Crippen molar-refractivity contribution in [1.82, 2.24) is 9.97 Å². The number of nitrogens with two attached hydrogens (primary N) is 1. The van der Waals surface area contributed by atoms with E-state index in [1.54, 1.807) is 6.92 Å². The molecule has 100 valence electrons. The smallest absolute Gasteiger partial charge is 0.159 e. The summed E-state index contributed by atoms with van der Waals surface area (Å²) in [6.07, 6.45) is 1.58. The predicted molar refractivity (Wildman–Crippen MR) is 70.5 cm³/mol. The van der Waals surface area contributed by atoms with Crippen LogP contribution in [0.4, 0.5) is 14.6 Å². The van der Waals surface area contributed by atoms with E-state index in [0.717, 1.165) is 18.6 Å². The Morgan fingerprint density at radius 1 is 1.16 bits per heavy atom. The Bertz CT molecular complexity index is 612. The summed E-state index contributed by atoms with van der Waals surface area (Å²) in [4.78, 5) is 8.57. The van der Waals surface area contributed by atoms with Crippen LogP contribution in [0.5, 0.6) is 0 Å². The fourth-order valence-electron chi connectivity index (χ4n) is 1.84. The van der Waals surface area contributed by atoms with E-state index in [0.29, 0.717) is 34.9 Å². The fraction of sp³-hybridized carbons (Fsp3) is 0.286. The largest absolute Gasteiger partial charge is 0.383 e. The third kappa shape index (κ3) is 2.70. The first-order valence-electron chi connectivity index (χ1n) is 6.11. The van der Waals surface area contributed by atoms with Crippen LogP contribution < -0.4 is 5.73 Å². The van der Waals surface area contributed by atoms with Gasteiger partial charge in [-0.15, -0.1) is 0 Å². The molecule has 5 heteroatoms. The van der Waals surface area contributed by atoms with E-state index in [-0.39, 0.29) is 0 Å². The second-order valence-electron chi connectivity index (χ2n) is 4.38. The average molecular weight is 263 g/mol. The van der Waals surface area contributed by atoms with Crippen LogP contribution in [0, 0.1) is 18.6 Å². The molecule has 0 saturated carbocycles. The van der Waals surface area contributed by atoms with E-state index in [1.165, 1.54) is 6.07 Å². The number of aryl methyl sites for hydroxylation is 1. The highest BCUT2D eigenvalue weighted by Gasteiger charge is 2.12. The molecule has 0 fully saturated rings. The number of anilines is 1. The molecule has 0 spiro atoms. The average Bonchev–Trinajstić information content (AvgIpc) is 2.37. The molecule has 1 aromatic carbocycles. The van der Waals surface area contributed by atoms with E-state index in [4.69, 9.17) is 5.73 Å². The van der Waals surface area contributed by atoms with Crippen LogP contribution in [0.15, 0.2) is 18.2 Å². The number of aromatic nitrogens is 2. The number of halogens is 2. The summed E-state index contributed by atoms with van der Waals surface area (Å²) in [6.45, 7) is 3.78. The Morgan fingerprint density at radius 2 is 1.89 bits per heavy atom. The Morgan fingerprint density at radius 3 is 2.53 bits per heavy atom. The van der Waals surface area contributed by atoms with Crippen LogP contribution in [0.25, 0.3) is 11.3 Å². The number of nitrogen functional groups attached to an aromatic ring is 1. The quantitative estimate of drug-likeness (QED) is 0.924. The first-order chi connectivity index (χ1) is 9.02. The zero-order chi connectivity index (χ0) is 14.0. The van der Waals surface area contributed by atoms with Crippen LogP contribution in [0.1, 0.15) is 24.7 Å². The highest BCUT2D eigenvalue weighted by molar-refractivity contribution is 5.67. The van der Waals surface area contributed by atoms with Gasteiger partial charge in [0.1, 0.15) is 11.6 Å². The summed E-state index contributed by atoms with van der Waals surface area (Å²) < 4.78 is 26.3. The van der Waals surface area contributed by atoms with Gasteiger partial charge >= 0.3 is 0 Å². The first-order valence-corrected chi connectivity index (χ1v) is 6.11. The van der Waals surface area contributed by atoms with Crippen LogP contribution in [-0.4, -0.2) is 9.97 Å². The Balaban J connectivity index is 2.56. The molecule has 2 rings (SSSR count). The van der Waals surface area contributed by atoms with Crippen LogP contribution >= 0.6 is 0 Å². The third-order valence-electron chi connectivity index (χ3n) is 2.90. The molecule has 0 aliphatic carbocycles. The van der Waals surface area contributed by atoms with Crippen molar-refractivity contribution >= 4 is 5.82 Å². The molecular formula is C14H15F2N3. The summed E-state index contributed by atoms with van der Waals surface area (Å²) in [6, 6.07) is 3.70. The number of hydrogen-bond acceptors (Lipinski definition) is 3. The van der Waals surface area contributed by atoms with Gasteiger partial charge in [0.25, 0.3) is 0 Å². The van der Waals surface area contributed by atoms with Crippen molar-refractivity contribution in [2.45, 2.75) is 26.7 Å². The number of rotatable bonds is 3. The highest BCUT2D eigenvalue weighted by atomic mass is 19.2. The lowest BCUT2D eigenvalue weighted by Crippen LogP contribution is -2.05. The molecule has 0 aliphatic rings. The molecule has 19 heavy (non-hydrogen) atoms. The van der Waals surface area contributed by atoms with Crippen LogP contribution in [0.3, 0.4) is 0 Å². The minimum absolute atomic E-state index is 0.373.